The summed E-state index contributed by atoms with van der Waals surface area (Å²) in [5.74, 6) is -0.206. The van der Waals surface area contributed by atoms with Crippen molar-refractivity contribution in [3.63, 3.8) is 0 Å². The van der Waals surface area contributed by atoms with E-state index in [0.717, 1.165) is 18.4 Å². The summed E-state index contributed by atoms with van der Waals surface area (Å²) in [5.41, 5.74) is 0.742. The molecule has 2 aliphatic heterocycles. The summed E-state index contributed by atoms with van der Waals surface area (Å²) in [6.45, 7) is 0. The van der Waals surface area contributed by atoms with Crippen molar-refractivity contribution in [2.45, 2.75) is 37.8 Å². The van der Waals surface area contributed by atoms with Crippen LogP contribution in [-0.4, -0.2) is 37.1 Å². The summed E-state index contributed by atoms with van der Waals surface area (Å²) in [7, 11) is 3.53. The quantitative estimate of drug-likeness (QED) is 0.311. The average molecular weight is 667 g/mol. The van der Waals surface area contributed by atoms with Crippen molar-refractivity contribution in [1.29, 1.82) is 0 Å². The Bertz CT molecular complexity index is 289. The number of fused-ring (bicyclic) bond motifs is 2. The van der Waals surface area contributed by atoms with E-state index in [1.54, 1.807) is 0 Å². The number of ether oxygens (including phenoxy) is 1. The molecule has 2 heterocycles. The van der Waals surface area contributed by atoms with Gasteiger partial charge in [-0.25, -0.2) is 0 Å². The second kappa shape index (κ2) is 9.41. The Labute approximate surface area is 153 Å². The zero-order valence-electron chi connectivity index (χ0n) is 10.1. The summed E-state index contributed by atoms with van der Waals surface area (Å²) in [6.07, 6.45) is 7.58. The summed E-state index contributed by atoms with van der Waals surface area (Å²) in [5, 5.41) is 0. The summed E-state index contributed by atoms with van der Waals surface area (Å²) >= 11 is 0. The van der Waals surface area contributed by atoms with Gasteiger partial charge >= 0.3 is 0 Å². The van der Waals surface area contributed by atoms with E-state index < -0.39 is 0 Å². The van der Waals surface area contributed by atoms with Gasteiger partial charge in [0.2, 0.25) is 0 Å². The number of likely N-dealkylation sites (N-methyl/N-ethyl adjacent to an activating group) is 1. The van der Waals surface area contributed by atoms with Crippen molar-refractivity contribution in [2.75, 3.05) is 14.2 Å². The monoisotopic (exact) mass is 667 g/mol. The van der Waals surface area contributed by atoms with Crippen LogP contribution >= 0.6 is 0 Å². The third-order valence-corrected chi connectivity index (χ3v) is 3.35. The van der Waals surface area contributed by atoms with Crippen molar-refractivity contribution in [3.8, 4) is 0 Å². The van der Waals surface area contributed by atoms with E-state index in [2.05, 4.69) is 18.0 Å². The van der Waals surface area contributed by atoms with E-state index in [9.17, 15) is 4.79 Å². The van der Waals surface area contributed by atoms with E-state index in [0.29, 0.717) is 6.04 Å². The average Bonchev–Trinajstić information content (AvgIpc) is 2.17. The zero-order chi connectivity index (χ0) is 10.1. The third-order valence-electron chi connectivity index (χ3n) is 3.35. The van der Waals surface area contributed by atoms with Crippen molar-refractivity contribution in [2.24, 2.45) is 0 Å². The van der Waals surface area contributed by atoms with Gasteiger partial charge < -0.3 is 14.4 Å². The number of methoxy groups -OCH3 is 1. The molecule has 1 fully saturated rings. The maximum Gasteiger partial charge on any atom is 0.172 e. The molecule has 2 aliphatic rings. The summed E-state index contributed by atoms with van der Waals surface area (Å²) < 4.78 is 4.76. The van der Waals surface area contributed by atoms with Crippen LogP contribution in [0, 0.1) is 37.2 Å². The minimum atomic E-state index is -0.206. The largest absolute Gasteiger partial charge is 0.550 e. The Morgan fingerprint density at radius 2 is 2.12 bits per heavy atom. The molecule has 6 heteroatoms. The molecule has 0 aliphatic carbocycles. The van der Waals surface area contributed by atoms with Gasteiger partial charge in [0.05, 0.1) is 7.11 Å². The van der Waals surface area contributed by atoms with Crippen molar-refractivity contribution in [1.82, 2.24) is 4.90 Å². The molecule has 0 aromatic heterocycles. The maximum atomic E-state index is 11.5. The number of carbonyl (C=O) groups excluding carboxylic acids is 1. The summed E-state index contributed by atoms with van der Waals surface area (Å²) in [6, 6.07) is 0.831. The third kappa shape index (κ3) is 4.52. The van der Waals surface area contributed by atoms with Crippen LogP contribution in [0.25, 0.3) is 0 Å². The molecule has 2 atom stereocenters. The molecule has 2 bridgehead atoms. The fraction of sp³-hybridized carbons (Fsp3) is 0.727. The molecule has 0 amide bonds. The summed E-state index contributed by atoms with van der Waals surface area (Å²) in [4.78, 5) is 13.8. The van der Waals surface area contributed by atoms with Crippen LogP contribution in [0.5, 0.6) is 0 Å². The SMILES string of the molecule is COC(=O)C1=[C-]CC2CCCC1N2C.[U].[V].[W]. The van der Waals surface area contributed by atoms with Gasteiger partial charge in [-0.1, -0.05) is 12.8 Å². The Morgan fingerprint density at radius 3 is 2.71 bits per heavy atom. The van der Waals surface area contributed by atoms with E-state index in [4.69, 9.17) is 4.74 Å². The molecule has 1 radical (unpaired) electrons. The molecule has 3 nitrogen and oxygen atoms in total. The minimum Gasteiger partial charge on any atom is -0.550 e. The molecular weight excluding hydrogens is 651 g/mol. The van der Waals surface area contributed by atoms with Crippen LogP contribution in [0.2, 0.25) is 0 Å². The maximum absolute atomic E-state index is 11.5. The van der Waals surface area contributed by atoms with Crippen LogP contribution in [0.15, 0.2) is 5.57 Å². The molecule has 2 unspecified atom stereocenters. The number of hydrogen-bond donors (Lipinski definition) is 0. The number of piperidine rings is 1. The molecule has 2 rings (SSSR count). The smallest absolute Gasteiger partial charge is 0.172 e. The topological polar surface area (TPSA) is 29.5 Å². The van der Waals surface area contributed by atoms with E-state index in [1.807, 2.05) is 0 Å². The molecule has 0 saturated carbocycles. The Morgan fingerprint density at radius 1 is 1.47 bits per heavy atom. The number of esters is 1. The Balaban J connectivity index is 0. The molecule has 1 saturated heterocycles. The molecule has 93 valence electrons. The van der Waals surface area contributed by atoms with Gasteiger partial charge in [-0.05, 0) is 25.9 Å². The second-order valence-electron chi connectivity index (χ2n) is 4.05. The van der Waals surface area contributed by atoms with Crippen LogP contribution < -0.4 is 0 Å². The van der Waals surface area contributed by atoms with Gasteiger partial charge in [-0.2, -0.15) is 0 Å². The van der Waals surface area contributed by atoms with Gasteiger partial charge in [-0.15, -0.1) is 5.57 Å². The fourth-order valence-electron chi connectivity index (χ4n) is 2.47. The van der Waals surface area contributed by atoms with Crippen LogP contribution in [0.3, 0.4) is 0 Å². The number of nitrogens with zero attached hydrogens (tertiary/aromatic N) is 1. The first kappa shape index (κ1) is 20.8. The molecule has 0 aromatic carbocycles. The van der Waals surface area contributed by atoms with E-state index in [1.165, 1.54) is 20.0 Å². The van der Waals surface area contributed by atoms with Gasteiger partial charge in [-0.3, -0.25) is 6.08 Å². The Hall–Kier alpha value is 1.49. The van der Waals surface area contributed by atoms with Crippen molar-refractivity contribution < 1.29 is 80.3 Å². The molecule has 17 heavy (non-hydrogen) atoms. The van der Waals surface area contributed by atoms with E-state index in [-0.39, 0.29) is 82.7 Å². The Kier molecular flexibility index (Phi) is 11.5. The molecular formula is C11H16NO2UVW-. The predicted octanol–water partition coefficient (Wildman–Crippen LogP) is 1.14. The van der Waals surface area contributed by atoms with Crippen molar-refractivity contribution in [3.05, 3.63) is 11.6 Å². The molecule has 0 aromatic rings. The number of rotatable bonds is 1. The van der Waals surface area contributed by atoms with Crippen LogP contribution in [0.1, 0.15) is 25.7 Å². The second-order valence-corrected chi connectivity index (χ2v) is 4.05. The number of carbonyl (C=O) groups is 1. The van der Waals surface area contributed by atoms with Gasteiger partial charge in [0, 0.05) is 76.8 Å². The van der Waals surface area contributed by atoms with Crippen molar-refractivity contribution >= 4 is 5.97 Å². The van der Waals surface area contributed by atoms with Gasteiger partial charge in [0.25, 0.3) is 0 Å². The fourth-order valence-corrected chi connectivity index (χ4v) is 2.47. The van der Waals surface area contributed by atoms with Crippen LogP contribution in [-0.2, 0) is 49.2 Å². The van der Waals surface area contributed by atoms with Gasteiger partial charge in [0.1, 0.15) is 0 Å². The minimum absolute atomic E-state index is 0. The number of hydrogen-bond acceptors (Lipinski definition) is 3. The zero-order valence-corrected chi connectivity index (χ0v) is 18.6. The predicted molar refractivity (Wildman–Crippen MR) is 52.6 cm³/mol. The first-order chi connectivity index (χ1) is 6.74. The first-order valence-corrected chi connectivity index (χ1v) is 5.15. The first-order valence-electron chi connectivity index (χ1n) is 5.15. The molecule has 0 N–H and O–H groups in total. The van der Waals surface area contributed by atoms with Gasteiger partial charge in [0.15, 0.2) is 5.97 Å². The van der Waals surface area contributed by atoms with Crippen LogP contribution in [0.4, 0.5) is 0 Å². The molecule has 0 spiro atoms. The van der Waals surface area contributed by atoms with E-state index >= 15 is 0 Å². The normalized spacial score (nSPS) is 26.6. The standard InChI is InChI=1S/C11H16NO2.U.V.W/c1-12-8-4-3-5-10(12)9(7-6-8)11(13)14-2;;;/h8,10H,3-6H2,1-2H3;;;/q-1;;;.